The number of nitrogens with zero attached hydrogens (tertiary/aromatic N) is 5. The molecule has 1 aliphatic heterocycles. The highest BCUT2D eigenvalue weighted by atomic mass is 15.3. The maximum absolute atomic E-state index is 4.47. The van der Waals surface area contributed by atoms with Crippen molar-refractivity contribution in [3.8, 4) is 0 Å². The van der Waals surface area contributed by atoms with Gasteiger partial charge >= 0.3 is 0 Å². The minimum atomic E-state index is 0.671. The average molecular weight is 340 g/mol. The van der Waals surface area contributed by atoms with Gasteiger partial charge in [0.1, 0.15) is 0 Å². The number of aryl methyl sites for hydroxylation is 2. The first-order valence-corrected chi connectivity index (χ1v) is 8.98. The number of hydrogen-bond donors (Lipinski definition) is 1. The highest BCUT2D eigenvalue weighted by Gasteiger charge is 2.25. The fourth-order valence-electron chi connectivity index (χ4n) is 3.53. The van der Waals surface area contributed by atoms with E-state index in [1.807, 2.05) is 37.4 Å². The summed E-state index contributed by atoms with van der Waals surface area (Å²) in [5.41, 5.74) is 3.91. The lowest BCUT2D eigenvalue weighted by molar-refractivity contribution is 0.460. The molecule has 0 aliphatic carbocycles. The standard InChI is InChI=1S/C19H28N6/c1-15-11-21-7-4-18(15)5-8-22-19(20-2)25-9-6-16(14-25)10-17-12-23-24(3)13-17/h4,7,11-13,16H,5-6,8-10,14H2,1-3H3,(H,20,22). The van der Waals surface area contributed by atoms with Crippen molar-refractivity contribution >= 4 is 5.96 Å². The van der Waals surface area contributed by atoms with E-state index in [9.17, 15) is 0 Å². The summed E-state index contributed by atoms with van der Waals surface area (Å²) >= 11 is 0. The molecule has 25 heavy (non-hydrogen) atoms. The third-order valence-electron chi connectivity index (χ3n) is 4.89. The highest BCUT2D eigenvalue weighted by molar-refractivity contribution is 5.80. The van der Waals surface area contributed by atoms with E-state index in [0.29, 0.717) is 5.92 Å². The van der Waals surface area contributed by atoms with Gasteiger partial charge in [0.15, 0.2) is 5.96 Å². The Bertz CT molecular complexity index is 720. The molecule has 6 heteroatoms. The maximum atomic E-state index is 4.47. The summed E-state index contributed by atoms with van der Waals surface area (Å²) in [5, 5.41) is 7.78. The predicted molar refractivity (Wildman–Crippen MR) is 101 cm³/mol. The van der Waals surface area contributed by atoms with Gasteiger partial charge in [-0.05, 0) is 54.9 Å². The van der Waals surface area contributed by atoms with Crippen LogP contribution in [0.4, 0.5) is 0 Å². The smallest absolute Gasteiger partial charge is 0.193 e. The fourth-order valence-corrected chi connectivity index (χ4v) is 3.53. The van der Waals surface area contributed by atoms with Crippen molar-refractivity contribution < 1.29 is 0 Å². The minimum Gasteiger partial charge on any atom is -0.356 e. The molecule has 3 heterocycles. The number of likely N-dealkylation sites (tertiary alicyclic amines) is 1. The van der Waals surface area contributed by atoms with Crippen LogP contribution in [0.25, 0.3) is 0 Å². The van der Waals surface area contributed by atoms with Gasteiger partial charge in [0, 0.05) is 52.3 Å². The quantitative estimate of drug-likeness (QED) is 0.666. The Labute approximate surface area is 150 Å². The van der Waals surface area contributed by atoms with Crippen LogP contribution in [0.3, 0.4) is 0 Å². The van der Waals surface area contributed by atoms with E-state index in [1.54, 1.807) is 0 Å². The fraction of sp³-hybridized carbons (Fsp3) is 0.526. The van der Waals surface area contributed by atoms with Crippen molar-refractivity contribution in [2.75, 3.05) is 26.7 Å². The number of aliphatic imine (C=N–C) groups is 1. The second-order valence-electron chi connectivity index (χ2n) is 6.85. The van der Waals surface area contributed by atoms with Crippen LogP contribution in [0.1, 0.15) is 23.1 Å². The maximum Gasteiger partial charge on any atom is 0.193 e. The molecule has 0 spiro atoms. The predicted octanol–water partition coefficient (Wildman–Crippen LogP) is 1.81. The zero-order valence-corrected chi connectivity index (χ0v) is 15.4. The summed E-state index contributed by atoms with van der Waals surface area (Å²) in [4.78, 5) is 11.0. The van der Waals surface area contributed by atoms with Gasteiger partial charge in [-0.25, -0.2) is 0 Å². The van der Waals surface area contributed by atoms with Crippen molar-refractivity contribution in [2.24, 2.45) is 18.0 Å². The molecule has 2 aromatic rings. The SMILES string of the molecule is CN=C(NCCc1ccncc1C)N1CCC(Cc2cnn(C)c2)C1. The first-order chi connectivity index (χ1) is 12.2. The van der Waals surface area contributed by atoms with Crippen LogP contribution in [0.5, 0.6) is 0 Å². The van der Waals surface area contributed by atoms with Crippen molar-refractivity contribution in [3.05, 3.63) is 47.5 Å². The summed E-state index contributed by atoms with van der Waals surface area (Å²) in [7, 11) is 3.84. The Morgan fingerprint density at radius 2 is 2.28 bits per heavy atom. The van der Waals surface area contributed by atoms with Crippen LogP contribution >= 0.6 is 0 Å². The molecule has 1 N–H and O–H groups in total. The lowest BCUT2D eigenvalue weighted by Gasteiger charge is -2.22. The molecule has 1 unspecified atom stereocenters. The minimum absolute atomic E-state index is 0.671. The molecular weight excluding hydrogens is 312 g/mol. The molecule has 6 nitrogen and oxygen atoms in total. The monoisotopic (exact) mass is 340 g/mol. The molecule has 1 saturated heterocycles. The van der Waals surface area contributed by atoms with E-state index >= 15 is 0 Å². The second-order valence-corrected chi connectivity index (χ2v) is 6.85. The number of hydrogen-bond acceptors (Lipinski definition) is 3. The van der Waals surface area contributed by atoms with E-state index in [4.69, 9.17) is 0 Å². The van der Waals surface area contributed by atoms with E-state index in [-0.39, 0.29) is 0 Å². The van der Waals surface area contributed by atoms with Crippen molar-refractivity contribution in [2.45, 2.75) is 26.2 Å². The van der Waals surface area contributed by atoms with Crippen LogP contribution in [-0.2, 0) is 19.9 Å². The third-order valence-corrected chi connectivity index (χ3v) is 4.89. The van der Waals surface area contributed by atoms with Gasteiger partial charge in [0.2, 0.25) is 0 Å². The number of aromatic nitrogens is 3. The van der Waals surface area contributed by atoms with E-state index in [2.05, 4.69) is 44.5 Å². The first-order valence-electron chi connectivity index (χ1n) is 8.98. The van der Waals surface area contributed by atoms with E-state index < -0.39 is 0 Å². The van der Waals surface area contributed by atoms with E-state index in [1.165, 1.54) is 23.1 Å². The molecule has 0 amide bonds. The van der Waals surface area contributed by atoms with E-state index in [0.717, 1.165) is 38.4 Å². The molecule has 1 fully saturated rings. The van der Waals surface area contributed by atoms with Crippen LogP contribution in [0.2, 0.25) is 0 Å². The molecule has 0 bridgehead atoms. The second kappa shape index (κ2) is 8.14. The Hall–Kier alpha value is -2.37. The largest absolute Gasteiger partial charge is 0.356 e. The topological polar surface area (TPSA) is 58.3 Å². The lowest BCUT2D eigenvalue weighted by atomic mass is 10.0. The van der Waals surface area contributed by atoms with Gasteiger partial charge < -0.3 is 10.2 Å². The molecule has 0 radical (unpaired) electrons. The number of rotatable bonds is 5. The van der Waals surface area contributed by atoms with Crippen molar-refractivity contribution in [3.63, 3.8) is 0 Å². The molecule has 134 valence electrons. The molecule has 1 atom stereocenters. The number of nitrogens with one attached hydrogen (secondary N) is 1. The Morgan fingerprint density at radius 1 is 1.40 bits per heavy atom. The zero-order valence-electron chi connectivity index (χ0n) is 15.4. The third kappa shape index (κ3) is 4.59. The Kier molecular flexibility index (Phi) is 5.68. The number of guanidine groups is 1. The first kappa shape index (κ1) is 17.5. The van der Waals surface area contributed by atoms with Gasteiger partial charge in [-0.15, -0.1) is 0 Å². The average Bonchev–Trinajstić information content (AvgIpc) is 3.23. The molecule has 1 aliphatic rings. The lowest BCUT2D eigenvalue weighted by Crippen LogP contribution is -2.41. The summed E-state index contributed by atoms with van der Waals surface area (Å²) < 4.78 is 1.88. The molecule has 3 rings (SSSR count). The zero-order chi connectivity index (χ0) is 17.6. The molecule has 0 saturated carbocycles. The van der Waals surface area contributed by atoms with Crippen molar-refractivity contribution in [1.82, 2.24) is 25.0 Å². The summed E-state index contributed by atoms with van der Waals surface area (Å²) in [6.45, 7) is 5.13. The van der Waals surface area contributed by atoms with Crippen LogP contribution in [0.15, 0.2) is 35.8 Å². The van der Waals surface area contributed by atoms with Crippen LogP contribution in [-0.4, -0.2) is 52.3 Å². The highest BCUT2D eigenvalue weighted by Crippen LogP contribution is 2.20. The normalized spacial score (nSPS) is 18.0. The van der Waals surface area contributed by atoms with Gasteiger partial charge in [-0.3, -0.25) is 14.7 Å². The van der Waals surface area contributed by atoms with Gasteiger partial charge in [-0.2, -0.15) is 5.10 Å². The van der Waals surface area contributed by atoms with Gasteiger partial charge in [0.25, 0.3) is 0 Å². The van der Waals surface area contributed by atoms with Gasteiger partial charge in [-0.1, -0.05) is 0 Å². The Balaban J connectivity index is 1.48. The Morgan fingerprint density at radius 3 is 3.00 bits per heavy atom. The van der Waals surface area contributed by atoms with Gasteiger partial charge in [0.05, 0.1) is 6.20 Å². The summed E-state index contributed by atoms with van der Waals surface area (Å²) in [6.07, 6.45) is 11.2. The van der Waals surface area contributed by atoms with Crippen LogP contribution < -0.4 is 5.32 Å². The summed E-state index contributed by atoms with van der Waals surface area (Å²) in [6, 6.07) is 2.10. The molecule has 2 aromatic heterocycles. The van der Waals surface area contributed by atoms with Crippen LogP contribution in [0, 0.1) is 12.8 Å². The number of pyridine rings is 1. The molecular formula is C19H28N6. The van der Waals surface area contributed by atoms with Crippen molar-refractivity contribution in [1.29, 1.82) is 0 Å². The molecule has 0 aromatic carbocycles. The summed E-state index contributed by atoms with van der Waals surface area (Å²) in [5.74, 6) is 1.69.